The Morgan fingerprint density at radius 2 is 1.77 bits per heavy atom. The highest BCUT2D eigenvalue weighted by Crippen LogP contribution is 2.41. The average Bonchev–Trinajstić information content (AvgIpc) is 3.30. The second kappa shape index (κ2) is 7.91. The smallest absolute Gasteiger partial charge is 0.259 e. The Bertz CT molecular complexity index is 962. The van der Waals surface area contributed by atoms with Crippen molar-refractivity contribution in [3.8, 4) is 5.88 Å². The number of nitrogens with zero attached hydrogens (tertiary/aromatic N) is 4. The van der Waals surface area contributed by atoms with Crippen LogP contribution >= 0.6 is 11.6 Å². The fourth-order valence-corrected chi connectivity index (χ4v) is 4.73. The largest absolute Gasteiger partial charge is 0.481 e. The minimum Gasteiger partial charge on any atom is -0.481 e. The van der Waals surface area contributed by atoms with E-state index in [1.165, 1.54) is 7.11 Å². The van der Waals surface area contributed by atoms with Gasteiger partial charge < -0.3 is 19.1 Å². The molecule has 0 saturated carbocycles. The van der Waals surface area contributed by atoms with Crippen molar-refractivity contribution >= 4 is 23.4 Å². The molecular formula is C21H25ClN4O4. The second-order valence-corrected chi connectivity index (χ2v) is 8.58. The lowest BCUT2D eigenvalue weighted by molar-refractivity contribution is 0.0563. The molecule has 0 radical (unpaired) electrons. The Morgan fingerprint density at radius 1 is 1.10 bits per heavy atom. The van der Waals surface area contributed by atoms with Crippen molar-refractivity contribution in [1.82, 2.24) is 19.9 Å². The number of ether oxygens (including phenoxy) is 1. The molecule has 160 valence electrons. The minimum atomic E-state index is -0.0660. The zero-order valence-electron chi connectivity index (χ0n) is 17.4. The summed E-state index contributed by atoms with van der Waals surface area (Å²) in [6.07, 6.45) is 2.67. The van der Waals surface area contributed by atoms with Gasteiger partial charge in [0, 0.05) is 37.8 Å². The summed E-state index contributed by atoms with van der Waals surface area (Å²) in [5, 5.41) is 4.12. The van der Waals surface area contributed by atoms with E-state index in [0.717, 1.165) is 19.3 Å². The van der Waals surface area contributed by atoms with Gasteiger partial charge in [0.25, 0.3) is 11.8 Å². The highest BCUT2D eigenvalue weighted by atomic mass is 35.5. The summed E-state index contributed by atoms with van der Waals surface area (Å²) in [5.41, 5.74) is 1.72. The maximum atomic E-state index is 13.0. The molecule has 0 aromatic carbocycles. The molecule has 4 heterocycles. The number of hydrogen-bond acceptors (Lipinski definition) is 6. The molecule has 2 aromatic rings. The molecule has 2 saturated heterocycles. The SMILES string of the molecule is COc1cc(C(=O)N2CCC3(CCN(C(=O)c4c(C)noc4C)CC3)C2)cc(Cl)n1. The van der Waals surface area contributed by atoms with Crippen LogP contribution in [0.3, 0.4) is 0 Å². The van der Waals surface area contributed by atoms with Crippen LogP contribution in [0.15, 0.2) is 16.7 Å². The van der Waals surface area contributed by atoms with E-state index in [0.29, 0.717) is 54.6 Å². The molecule has 0 atom stereocenters. The van der Waals surface area contributed by atoms with Crippen LogP contribution in [0.25, 0.3) is 0 Å². The van der Waals surface area contributed by atoms with E-state index in [4.69, 9.17) is 20.9 Å². The molecule has 9 heteroatoms. The summed E-state index contributed by atoms with van der Waals surface area (Å²) in [5.74, 6) is 0.794. The summed E-state index contributed by atoms with van der Waals surface area (Å²) >= 11 is 6.02. The molecule has 2 amide bonds. The number of amides is 2. The first-order chi connectivity index (χ1) is 14.3. The van der Waals surface area contributed by atoms with E-state index < -0.39 is 0 Å². The number of halogens is 1. The van der Waals surface area contributed by atoms with Gasteiger partial charge in [-0.05, 0) is 44.6 Å². The molecule has 4 rings (SSSR count). The van der Waals surface area contributed by atoms with Gasteiger partial charge in [0.15, 0.2) is 0 Å². The predicted molar refractivity (Wildman–Crippen MR) is 110 cm³/mol. The first-order valence-corrected chi connectivity index (χ1v) is 10.4. The van der Waals surface area contributed by atoms with Gasteiger partial charge in [-0.1, -0.05) is 16.8 Å². The molecule has 2 aliphatic rings. The quantitative estimate of drug-likeness (QED) is 0.692. The maximum absolute atomic E-state index is 13.0. The Labute approximate surface area is 180 Å². The van der Waals surface area contributed by atoms with Gasteiger partial charge in [-0.2, -0.15) is 0 Å². The van der Waals surface area contributed by atoms with E-state index in [1.807, 2.05) is 9.80 Å². The van der Waals surface area contributed by atoms with Crippen molar-refractivity contribution in [2.45, 2.75) is 33.1 Å². The molecule has 8 nitrogen and oxygen atoms in total. The highest BCUT2D eigenvalue weighted by molar-refractivity contribution is 6.29. The Kier molecular flexibility index (Phi) is 5.44. The molecule has 2 aromatic heterocycles. The van der Waals surface area contributed by atoms with Crippen molar-refractivity contribution in [3.05, 3.63) is 39.9 Å². The second-order valence-electron chi connectivity index (χ2n) is 8.19. The van der Waals surface area contributed by atoms with E-state index >= 15 is 0 Å². The highest BCUT2D eigenvalue weighted by Gasteiger charge is 2.43. The molecular weight excluding hydrogens is 408 g/mol. The van der Waals surface area contributed by atoms with Crippen LogP contribution in [0.2, 0.25) is 5.15 Å². The predicted octanol–water partition coefficient (Wildman–Crippen LogP) is 3.12. The van der Waals surface area contributed by atoms with Gasteiger partial charge in [-0.3, -0.25) is 9.59 Å². The summed E-state index contributed by atoms with van der Waals surface area (Å²) in [7, 11) is 1.50. The molecule has 30 heavy (non-hydrogen) atoms. The number of aryl methyl sites for hydroxylation is 2. The molecule has 1 spiro atoms. The van der Waals surface area contributed by atoms with E-state index in [-0.39, 0.29) is 22.4 Å². The number of likely N-dealkylation sites (tertiary alicyclic amines) is 2. The summed E-state index contributed by atoms with van der Waals surface area (Å²) in [4.78, 5) is 33.7. The number of pyridine rings is 1. The van der Waals surface area contributed by atoms with Gasteiger partial charge in [0.2, 0.25) is 5.88 Å². The number of piperidine rings is 1. The van der Waals surface area contributed by atoms with Gasteiger partial charge in [-0.25, -0.2) is 4.98 Å². The first kappa shape index (κ1) is 20.7. The third-order valence-electron chi connectivity index (χ3n) is 6.31. The number of methoxy groups -OCH3 is 1. The van der Waals surface area contributed by atoms with E-state index in [2.05, 4.69) is 10.1 Å². The van der Waals surface area contributed by atoms with Crippen LogP contribution in [0.4, 0.5) is 0 Å². The lowest BCUT2D eigenvalue weighted by atomic mass is 9.77. The molecule has 0 N–H and O–H groups in total. The van der Waals surface area contributed by atoms with Crippen LogP contribution in [0.1, 0.15) is 51.4 Å². The summed E-state index contributed by atoms with van der Waals surface area (Å²) in [6.45, 7) is 6.26. The summed E-state index contributed by atoms with van der Waals surface area (Å²) < 4.78 is 10.3. The van der Waals surface area contributed by atoms with Gasteiger partial charge >= 0.3 is 0 Å². The van der Waals surface area contributed by atoms with Crippen LogP contribution in [-0.4, -0.2) is 65.0 Å². The number of carbonyl (C=O) groups is 2. The Hall–Kier alpha value is -2.61. The molecule has 0 bridgehead atoms. The topological polar surface area (TPSA) is 88.8 Å². The molecule has 0 aliphatic carbocycles. The van der Waals surface area contributed by atoms with Crippen molar-refractivity contribution in [1.29, 1.82) is 0 Å². The zero-order chi connectivity index (χ0) is 21.5. The third-order valence-corrected chi connectivity index (χ3v) is 6.50. The molecule has 2 aliphatic heterocycles. The van der Waals surface area contributed by atoms with Crippen LogP contribution < -0.4 is 4.74 Å². The first-order valence-electron chi connectivity index (χ1n) is 10.0. The lowest BCUT2D eigenvalue weighted by Crippen LogP contribution is -2.45. The minimum absolute atomic E-state index is 0.0226. The van der Waals surface area contributed by atoms with Crippen LogP contribution in [-0.2, 0) is 0 Å². The fourth-order valence-electron chi connectivity index (χ4n) is 4.53. The number of carbonyl (C=O) groups excluding carboxylic acids is 2. The van der Waals surface area contributed by atoms with E-state index in [9.17, 15) is 9.59 Å². The van der Waals surface area contributed by atoms with Gasteiger partial charge in [-0.15, -0.1) is 0 Å². The number of rotatable bonds is 3. The normalized spacial score (nSPS) is 18.1. The molecule has 0 unspecified atom stereocenters. The van der Waals surface area contributed by atoms with Crippen LogP contribution in [0.5, 0.6) is 5.88 Å². The Balaban J connectivity index is 1.41. The van der Waals surface area contributed by atoms with Crippen molar-refractivity contribution in [3.63, 3.8) is 0 Å². The van der Waals surface area contributed by atoms with Gasteiger partial charge in [0.1, 0.15) is 16.5 Å². The standard InChI is InChI=1S/C21H25ClN4O4/c1-13-18(14(2)30-24-13)20(28)25-7-4-21(5-8-25)6-9-26(12-21)19(27)15-10-16(22)23-17(11-15)29-3/h10-11H,4-9,12H2,1-3H3. The number of aromatic nitrogens is 2. The Morgan fingerprint density at radius 3 is 2.37 bits per heavy atom. The van der Waals surface area contributed by atoms with Crippen molar-refractivity contribution < 1.29 is 18.8 Å². The lowest BCUT2D eigenvalue weighted by Gasteiger charge is -2.39. The van der Waals surface area contributed by atoms with Crippen molar-refractivity contribution in [2.75, 3.05) is 33.3 Å². The fraction of sp³-hybridized carbons (Fsp3) is 0.524. The molecule has 2 fully saturated rings. The van der Waals surface area contributed by atoms with E-state index in [1.54, 1.807) is 26.0 Å². The average molecular weight is 433 g/mol. The summed E-state index contributed by atoms with van der Waals surface area (Å²) in [6, 6.07) is 3.19. The van der Waals surface area contributed by atoms with Gasteiger partial charge in [0.05, 0.1) is 12.8 Å². The maximum Gasteiger partial charge on any atom is 0.259 e. The van der Waals surface area contributed by atoms with Crippen LogP contribution in [0, 0.1) is 19.3 Å². The number of hydrogen-bond donors (Lipinski definition) is 0. The third kappa shape index (κ3) is 3.76. The monoisotopic (exact) mass is 432 g/mol. The zero-order valence-corrected chi connectivity index (χ0v) is 18.2. The van der Waals surface area contributed by atoms with Crippen molar-refractivity contribution in [2.24, 2.45) is 5.41 Å².